The molecule has 2 aromatic carbocycles. The molecule has 7 nitrogen and oxygen atoms in total. The Hall–Kier alpha value is -3.61. The number of carbonyl (C=O) groups excluding carboxylic acids is 2. The Bertz CT molecular complexity index is 1040. The lowest BCUT2D eigenvalue weighted by Crippen LogP contribution is -2.47. The Kier molecular flexibility index (Phi) is 6.74. The number of amides is 2. The number of aromatic nitrogens is 2. The predicted octanol–water partition coefficient (Wildman–Crippen LogP) is 4.16. The first-order valence-electron chi connectivity index (χ1n) is 10.1. The summed E-state index contributed by atoms with van der Waals surface area (Å²) in [5, 5.41) is 9.80. The number of ether oxygens (including phenoxy) is 1. The van der Waals surface area contributed by atoms with Crippen molar-refractivity contribution in [2.24, 2.45) is 7.05 Å². The van der Waals surface area contributed by atoms with Crippen molar-refractivity contribution in [3.63, 3.8) is 0 Å². The number of hydrogen-bond acceptors (Lipinski definition) is 4. The van der Waals surface area contributed by atoms with Gasteiger partial charge in [0.1, 0.15) is 11.6 Å². The Balaban J connectivity index is 1.76. The number of rotatable bonds is 6. The number of nitrogens with zero attached hydrogens (tertiary/aromatic N) is 2. The summed E-state index contributed by atoms with van der Waals surface area (Å²) in [5.41, 5.74) is 2.80. The lowest BCUT2D eigenvalue weighted by atomic mass is 10.0. The van der Waals surface area contributed by atoms with E-state index in [1.54, 1.807) is 31.6 Å². The molecular formula is C24H28N4O3. The minimum atomic E-state index is -0.792. The summed E-state index contributed by atoms with van der Waals surface area (Å²) < 4.78 is 7.07. The molecule has 1 aromatic heterocycles. The lowest BCUT2D eigenvalue weighted by molar-refractivity contribution is -0.118. The standard InChI is InChI=1S/C24H28N4O3/c1-24(2,3)31-23(30)27-21(13-17-9-6-5-7-10-17)22(29)26-20-12-8-11-18(14-20)19-15-25-28(4)16-19/h5-12,14-16,21H,13H2,1-4H3,(H,26,29)(H,27,30)/t21-/m0/s1. The van der Waals surface area contributed by atoms with E-state index in [2.05, 4.69) is 15.7 Å². The van der Waals surface area contributed by atoms with Crippen LogP contribution in [0.3, 0.4) is 0 Å². The zero-order chi connectivity index (χ0) is 22.4. The quantitative estimate of drug-likeness (QED) is 0.627. The van der Waals surface area contributed by atoms with Gasteiger partial charge in [-0.25, -0.2) is 4.79 Å². The second-order valence-corrected chi connectivity index (χ2v) is 8.36. The molecule has 0 fully saturated rings. The number of benzene rings is 2. The van der Waals surface area contributed by atoms with Crippen molar-refractivity contribution in [3.8, 4) is 11.1 Å². The first-order valence-corrected chi connectivity index (χ1v) is 10.1. The molecule has 1 atom stereocenters. The zero-order valence-electron chi connectivity index (χ0n) is 18.3. The molecule has 162 valence electrons. The summed E-state index contributed by atoms with van der Waals surface area (Å²) in [6, 6.07) is 16.2. The highest BCUT2D eigenvalue weighted by Gasteiger charge is 2.25. The molecule has 0 radical (unpaired) electrons. The second-order valence-electron chi connectivity index (χ2n) is 8.36. The van der Waals surface area contributed by atoms with E-state index >= 15 is 0 Å². The van der Waals surface area contributed by atoms with Crippen LogP contribution in [0.5, 0.6) is 0 Å². The van der Waals surface area contributed by atoms with E-state index in [-0.39, 0.29) is 5.91 Å². The second kappa shape index (κ2) is 9.47. The van der Waals surface area contributed by atoms with Crippen molar-refractivity contribution in [2.45, 2.75) is 38.8 Å². The smallest absolute Gasteiger partial charge is 0.408 e. The van der Waals surface area contributed by atoms with Crippen LogP contribution in [0.4, 0.5) is 10.5 Å². The third kappa shape index (κ3) is 6.70. The monoisotopic (exact) mass is 420 g/mol. The van der Waals surface area contributed by atoms with Crippen molar-refractivity contribution < 1.29 is 14.3 Å². The molecule has 31 heavy (non-hydrogen) atoms. The molecule has 3 rings (SSSR count). The molecule has 2 amide bonds. The molecule has 0 saturated heterocycles. The minimum absolute atomic E-state index is 0.321. The van der Waals surface area contributed by atoms with Gasteiger partial charge in [-0.2, -0.15) is 5.10 Å². The summed E-state index contributed by atoms with van der Waals surface area (Å²) in [7, 11) is 1.85. The molecule has 0 aliphatic heterocycles. The lowest BCUT2D eigenvalue weighted by Gasteiger charge is -2.23. The van der Waals surface area contributed by atoms with E-state index in [9.17, 15) is 9.59 Å². The van der Waals surface area contributed by atoms with Gasteiger partial charge in [0, 0.05) is 30.9 Å². The maximum absolute atomic E-state index is 13.1. The van der Waals surface area contributed by atoms with Crippen LogP contribution in [0.2, 0.25) is 0 Å². The summed E-state index contributed by atoms with van der Waals surface area (Å²) >= 11 is 0. The van der Waals surface area contributed by atoms with Gasteiger partial charge in [-0.1, -0.05) is 42.5 Å². The summed E-state index contributed by atoms with van der Waals surface area (Å²) in [5.74, 6) is -0.321. The van der Waals surface area contributed by atoms with Gasteiger partial charge in [-0.15, -0.1) is 0 Å². The fourth-order valence-electron chi connectivity index (χ4n) is 3.09. The summed E-state index contributed by atoms with van der Waals surface area (Å²) in [4.78, 5) is 25.4. The zero-order valence-corrected chi connectivity index (χ0v) is 18.3. The Morgan fingerprint density at radius 3 is 2.45 bits per heavy atom. The largest absolute Gasteiger partial charge is 0.444 e. The Morgan fingerprint density at radius 2 is 1.81 bits per heavy atom. The first-order chi connectivity index (χ1) is 14.7. The van der Waals surface area contributed by atoms with Crippen LogP contribution in [0.15, 0.2) is 67.0 Å². The predicted molar refractivity (Wildman–Crippen MR) is 121 cm³/mol. The Morgan fingerprint density at radius 1 is 1.06 bits per heavy atom. The van der Waals surface area contributed by atoms with Crippen LogP contribution >= 0.6 is 0 Å². The van der Waals surface area contributed by atoms with Crippen LogP contribution in [0.1, 0.15) is 26.3 Å². The fourth-order valence-corrected chi connectivity index (χ4v) is 3.09. The average Bonchev–Trinajstić information content (AvgIpc) is 3.13. The van der Waals surface area contributed by atoms with Gasteiger partial charge in [0.15, 0.2) is 0 Å². The molecule has 0 aliphatic carbocycles. The van der Waals surface area contributed by atoms with Crippen molar-refractivity contribution in [1.82, 2.24) is 15.1 Å². The maximum atomic E-state index is 13.1. The molecule has 0 spiro atoms. The van der Waals surface area contributed by atoms with E-state index in [1.165, 1.54) is 0 Å². The highest BCUT2D eigenvalue weighted by atomic mass is 16.6. The minimum Gasteiger partial charge on any atom is -0.444 e. The van der Waals surface area contributed by atoms with E-state index in [0.717, 1.165) is 16.7 Å². The van der Waals surface area contributed by atoms with Gasteiger partial charge in [0.2, 0.25) is 5.91 Å². The molecule has 0 bridgehead atoms. The Labute approximate surface area is 182 Å². The van der Waals surface area contributed by atoms with Crippen molar-refractivity contribution in [1.29, 1.82) is 0 Å². The summed E-state index contributed by atoms with van der Waals surface area (Å²) in [6.07, 6.45) is 3.38. The third-order valence-corrected chi connectivity index (χ3v) is 4.46. The average molecular weight is 421 g/mol. The maximum Gasteiger partial charge on any atom is 0.408 e. The third-order valence-electron chi connectivity index (χ3n) is 4.46. The number of aryl methyl sites for hydroxylation is 1. The molecule has 2 N–H and O–H groups in total. The molecule has 0 aliphatic rings. The number of alkyl carbamates (subject to hydrolysis) is 1. The highest BCUT2D eigenvalue weighted by molar-refractivity contribution is 5.97. The van der Waals surface area contributed by atoms with Gasteiger partial charge < -0.3 is 15.4 Å². The summed E-state index contributed by atoms with van der Waals surface area (Å²) in [6.45, 7) is 5.34. The number of anilines is 1. The molecular weight excluding hydrogens is 392 g/mol. The van der Waals surface area contributed by atoms with Crippen LogP contribution in [-0.2, 0) is 23.0 Å². The molecule has 7 heteroatoms. The van der Waals surface area contributed by atoms with Crippen LogP contribution in [-0.4, -0.2) is 33.4 Å². The van der Waals surface area contributed by atoms with Gasteiger partial charge >= 0.3 is 6.09 Å². The van der Waals surface area contributed by atoms with Gasteiger partial charge in [-0.05, 0) is 44.0 Å². The fraction of sp³-hybridized carbons (Fsp3) is 0.292. The first kappa shape index (κ1) is 22.1. The van der Waals surface area contributed by atoms with Crippen LogP contribution in [0, 0.1) is 0 Å². The SMILES string of the molecule is Cn1cc(-c2cccc(NC(=O)[C@H](Cc3ccccc3)NC(=O)OC(C)(C)C)c2)cn1. The molecule has 0 unspecified atom stereocenters. The van der Waals surface area contributed by atoms with Crippen molar-refractivity contribution in [3.05, 3.63) is 72.6 Å². The van der Waals surface area contributed by atoms with Gasteiger partial charge in [0.05, 0.1) is 6.20 Å². The van der Waals surface area contributed by atoms with Gasteiger partial charge in [-0.3, -0.25) is 9.48 Å². The van der Waals surface area contributed by atoms with Crippen molar-refractivity contribution in [2.75, 3.05) is 5.32 Å². The van der Waals surface area contributed by atoms with E-state index in [1.807, 2.05) is 67.8 Å². The van der Waals surface area contributed by atoms with E-state index < -0.39 is 17.7 Å². The topological polar surface area (TPSA) is 85.2 Å². The van der Waals surface area contributed by atoms with E-state index in [4.69, 9.17) is 4.74 Å². The van der Waals surface area contributed by atoms with E-state index in [0.29, 0.717) is 12.1 Å². The number of hydrogen-bond donors (Lipinski definition) is 2. The van der Waals surface area contributed by atoms with Crippen LogP contribution in [0.25, 0.3) is 11.1 Å². The van der Waals surface area contributed by atoms with Gasteiger partial charge in [0.25, 0.3) is 0 Å². The number of carbonyl (C=O) groups is 2. The van der Waals surface area contributed by atoms with Crippen LogP contribution < -0.4 is 10.6 Å². The normalized spacial score (nSPS) is 12.1. The van der Waals surface area contributed by atoms with Crippen molar-refractivity contribution >= 4 is 17.7 Å². The number of nitrogens with one attached hydrogen (secondary N) is 2. The molecule has 3 aromatic rings. The molecule has 0 saturated carbocycles. The molecule has 1 heterocycles. The highest BCUT2D eigenvalue weighted by Crippen LogP contribution is 2.22.